The molecule has 11 rings (SSSR count). The van der Waals surface area contributed by atoms with Crippen molar-refractivity contribution in [2.24, 2.45) is 0 Å². The molecule has 0 spiro atoms. The Hall–Kier alpha value is -6.62. The zero-order valence-corrected chi connectivity index (χ0v) is 28.7. The third-order valence-electron chi connectivity index (χ3n) is 10.3. The number of hydrogen-bond donors (Lipinski definition) is 0. The molecule has 52 heavy (non-hydrogen) atoms. The zero-order chi connectivity index (χ0) is 34.2. The maximum atomic E-state index is 6.72. The molecule has 0 amide bonds. The molecule has 0 bridgehead atoms. The van der Waals surface area contributed by atoms with Crippen LogP contribution in [0.25, 0.3) is 109 Å². The number of fused-ring (bicyclic) bond motifs is 9. The van der Waals surface area contributed by atoms with Crippen molar-refractivity contribution in [3.63, 3.8) is 0 Å². The molecule has 3 nitrogen and oxygen atoms in total. The minimum Gasteiger partial charge on any atom is -0.455 e. The van der Waals surface area contributed by atoms with Crippen LogP contribution in [-0.4, -0.2) is 9.97 Å². The van der Waals surface area contributed by atoms with E-state index < -0.39 is 0 Å². The normalized spacial score (nSPS) is 11.8. The van der Waals surface area contributed by atoms with Gasteiger partial charge in [-0.2, -0.15) is 0 Å². The number of thiophene rings is 1. The first-order chi connectivity index (χ1) is 25.8. The Morgan fingerprint density at radius 2 is 1.08 bits per heavy atom. The Kier molecular flexibility index (Phi) is 6.42. The third-order valence-corrected chi connectivity index (χ3v) is 11.5. The Morgan fingerprint density at radius 3 is 1.90 bits per heavy atom. The van der Waals surface area contributed by atoms with Crippen molar-refractivity contribution >= 4 is 75.1 Å². The fourth-order valence-electron chi connectivity index (χ4n) is 7.87. The van der Waals surface area contributed by atoms with Gasteiger partial charge in [-0.15, -0.1) is 11.3 Å². The van der Waals surface area contributed by atoms with Crippen molar-refractivity contribution in [3.05, 3.63) is 170 Å². The van der Waals surface area contributed by atoms with Crippen molar-refractivity contribution in [1.82, 2.24) is 9.97 Å². The van der Waals surface area contributed by atoms with Gasteiger partial charge in [0, 0.05) is 37.5 Å². The Bertz CT molecular complexity index is 3180. The maximum absolute atomic E-state index is 6.72. The van der Waals surface area contributed by atoms with Crippen LogP contribution < -0.4 is 0 Å². The lowest BCUT2D eigenvalue weighted by Gasteiger charge is -2.12. The van der Waals surface area contributed by atoms with Crippen LogP contribution in [0, 0.1) is 0 Å². The van der Waals surface area contributed by atoms with Crippen molar-refractivity contribution in [2.45, 2.75) is 0 Å². The molecule has 0 atom stereocenters. The molecule has 242 valence electrons. The van der Waals surface area contributed by atoms with Crippen molar-refractivity contribution < 1.29 is 4.42 Å². The second-order valence-electron chi connectivity index (χ2n) is 13.3. The molecule has 0 radical (unpaired) electrons. The van der Waals surface area contributed by atoms with Crippen molar-refractivity contribution in [2.75, 3.05) is 0 Å². The SMILES string of the molecule is c1ccc(-c2nc(-c3ccc(-c4ccc(-c5cc6ccccc6c6ccccc56)cc4)c4oc5ccccc5c34)nc3c2sc2ccccc23)cc1. The summed E-state index contributed by atoms with van der Waals surface area (Å²) in [7, 11) is 0. The standard InChI is InChI=1S/C48H28N2OS/c1-2-12-31(13-3-1)44-47-45(38-19-9-11-21-42(38)52-47)50-48(49-44)39-27-26-34(46-43(39)37-18-8-10-20-41(37)51-46)29-22-24-30(25-23-29)40-28-32-14-4-5-15-33(32)35-16-6-7-17-36(35)40/h1-28H. The highest BCUT2D eigenvalue weighted by molar-refractivity contribution is 7.26. The quantitative estimate of drug-likeness (QED) is 0.174. The molecule has 0 aliphatic carbocycles. The van der Waals surface area contributed by atoms with Gasteiger partial charge >= 0.3 is 0 Å². The second-order valence-corrected chi connectivity index (χ2v) is 14.3. The van der Waals surface area contributed by atoms with Gasteiger partial charge in [-0.05, 0) is 68.6 Å². The molecule has 0 unspecified atom stereocenters. The molecular weight excluding hydrogens is 653 g/mol. The monoisotopic (exact) mass is 680 g/mol. The van der Waals surface area contributed by atoms with Gasteiger partial charge in [-0.25, -0.2) is 9.97 Å². The van der Waals surface area contributed by atoms with Gasteiger partial charge in [0.05, 0.1) is 15.9 Å². The molecular formula is C48H28N2OS. The number of para-hydroxylation sites is 1. The number of furan rings is 1. The largest absolute Gasteiger partial charge is 0.455 e. The summed E-state index contributed by atoms with van der Waals surface area (Å²) in [5.74, 6) is 0.691. The average Bonchev–Trinajstić information content (AvgIpc) is 3.79. The van der Waals surface area contributed by atoms with Gasteiger partial charge in [0.2, 0.25) is 0 Å². The Balaban J connectivity index is 1.11. The molecule has 0 saturated carbocycles. The van der Waals surface area contributed by atoms with Crippen LogP contribution in [-0.2, 0) is 0 Å². The molecule has 0 aliphatic rings. The van der Waals surface area contributed by atoms with Gasteiger partial charge < -0.3 is 4.42 Å². The van der Waals surface area contributed by atoms with E-state index in [-0.39, 0.29) is 0 Å². The van der Waals surface area contributed by atoms with E-state index in [2.05, 4.69) is 152 Å². The van der Waals surface area contributed by atoms with Crippen molar-refractivity contribution in [1.29, 1.82) is 0 Å². The number of nitrogens with zero attached hydrogens (tertiary/aromatic N) is 2. The van der Waals surface area contributed by atoms with Gasteiger partial charge in [-0.1, -0.05) is 140 Å². The van der Waals surface area contributed by atoms with Crippen LogP contribution in [0.4, 0.5) is 0 Å². The molecule has 3 heterocycles. The first-order valence-corrected chi connectivity index (χ1v) is 18.3. The Morgan fingerprint density at radius 1 is 0.442 bits per heavy atom. The summed E-state index contributed by atoms with van der Waals surface area (Å²) in [5, 5.41) is 8.26. The number of hydrogen-bond acceptors (Lipinski definition) is 4. The summed E-state index contributed by atoms with van der Waals surface area (Å²) >= 11 is 1.75. The highest BCUT2D eigenvalue weighted by Gasteiger charge is 2.22. The second kappa shape index (κ2) is 11.5. The zero-order valence-electron chi connectivity index (χ0n) is 27.9. The van der Waals surface area contributed by atoms with Gasteiger partial charge in [0.25, 0.3) is 0 Å². The van der Waals surface area contributed by atoms with Crippen LogP contribution in [0.1, 0.15) is 0 Å². The van der Waals surface area contributed by atoms with Crippen LogP contribution in [0.5, 0.6) is 0 Å². The van der Waals surface area contributed by atoms with E-state index in [9.17, 15) is 0 Å². The summed E-state index contributed by atoms with van der Waals surface area (Å²) in [6.07, 6.45) is 0. The Labute approximate surface area is 303 Å². The first kappa shape index (κ1) is 29.1. The summed E-state index contributed by atoms with van der Waals surface area (Å²) in [4.78, 5) is 10.6. The minimum absolute atomic E-state index is 0.691. The van der Waals surface area contributed by atoms with E-state index in [1.807, 2.05) is 18.2 Å². The average molecular weight is 681 g/mol. The molecule has 11 aromatic rings. The van der Waals surface area contributed by atoms with Gasteiger partial charge in [-0.3, -0.25) is 0 Å². The molecule has 8 aromatic carbocycles. The molecule has 3 aromatic heterocycles. The summed E-state index contributed by atoms with van der Waals surface area (Å²) < 4.78 is 9.03. The van der Waals surface area contributed by atoms with Gasteiger partial charge in [0.1, 0.15) is 11.2 Å². The van der Waals surface area contributed by atoms with E-state index in [4.69, 9.17) is 14.4 Å². The molecule has 4 heteroatoms. The van der Waals surface area contributed by atoms with Crippen LogP contribution >= 0.6 is 11.3 Å². The lowest BCUT2D eigenvalue weighted by atomic mass is 9.92. The maximum Gasteiger partial charge on any atom is 0.161 e. The van der Waals surface area contributed by atoms with E-state index in [1.54, 1.807) is 11.3 Å². The highest BCUT2D eigenvalue weighted by Crippen LogP contribution is 2.44. The smallest absolute Gasteiger partial charge is 0.161 e. The van der Waals surface area contributed by atoms with Crippen LogP contribution in [0.15, 0.2) is 174 Å². The molecule has 0 fully saturated rings. The van der Waals surface area contributed by atoms with E-state index in [0.29, 0.717) is 5.82 Å². The fourth-order valence-corrected chi connectivity index (χ4v) is 9.02. The number of rotatable bonds is 4. The lowest BCUT2D eigenvalue weighted by Crippen LogP contribution is -1.94. The fraction of sp³-hybridized carbons (Fsp3) is 0. The van der Waals surface area contributed by atoms with Crippen LogP contribution in [0.3, 0.4) is 0 Å². The predicted molar refractivity (Wildman–Crippen MR) is 219 cm³/mol. The molecule has 0 aliphatic heterocycles. The summed E-state index contributed by atoms with van der Waals surface area (Å²) in [5.41, 5.74) is 10.2. The van der Waals surface area contributed by atoms with Crippen molar-refractivity contribution in [3.8, 4) is 44.9 Å². The summed E-state index contributed by atoms with van der Waals surface area (Å²) in [6, 6.07) is 60.1. The van der Waals surface area contributed by atoms with Gasteiger partial charge in [0.15, 0.2) is 5.82 Å². The summed E-state index contributed by atoms with van der Waals surface area (Å²) in [6.45, 7) is 0. The predicted octanol–water partition coefficient (Wildman–Crippen LogP) is 13.7. The minimum atomic E-state index is 0.691. The molecule has 0 N–H and O–H groups in total. The number of aromatic nitrogens is 2. The van der Waals surface area contributed by atoms with E-state index >= 15 is 0 Å². The molecule has 0 saturated heterocycles. The third kappa shape index (κ3) is 4.45. The van der Waals surface area contributed by atoms with E-state index in [0.717, 1.165) is 65.5 Å². The number of benzene rings is 8. The lowest BCUT2D eigenvalue weighted by molar-refractivity contribution is 0.670. The topological polar surface area (TPSA) is 38.9 Å². The van der Waals surface area contributed by atoms with E-state index in [1.165, 1.54) is 37.4 Å². The van der Waals surface area contributed by atoms with Crippen LogP contribution in [0.2, 0.25) is 0 Å². The highest BCUT2D eigenvalue weighted by atomic mass is 32.1. The first-order valence-electron chi connectivity index (χ1n) is 17.5.